The van der Waals surface area contributed by atoms with Crippen molar-refractivity contribution in [2.45, 2.75) is 38.5 Å². The Balaban J connectivity index is 1.67. The number of ether oxygens (including phenoxy) is 1. The minimum atomic E-state index is -0.0257. The lowest BCUT2D eigenvalue weighted by Crippen LogP contribution is -2.39. The number of benzene rings is 2. The molecule has 0 radical (unpaired) electrons. The van der Waals surface area contributed by atoms with Crippen LogP contribution in [0.4, 0.5) is 0 Å². The third kappa shape index (κ3) is 5.37. The van der Waals surface area contributed by atoms with Crippen molar-refractivity contribution in [3.05, 3.63) is 65.2 Å². The quantitative estimate of drug-likeness (QED) is 0.715. The van der Waals surface area contributed by atoms with Crippen LogP contribution >= 0.6 is 0 Å². The van der Waals surface area contributed by atoms with Gasteiger partial charge in [-0.2, -0.15) is 0 Å². The highest BCUT2D eigenvalue weighted by atomic mass is 16.5. The Morgan fingerprint density at radius 1 is 1.14 bits per heavy atom. The number of piperidine rings is 1. The summed E-state index contributed by atoms with van der Waals surface area (Å²) in [5.74, 6) is 1.01. The van der Waals surface area contributed by atoms with Gasteiger partial charge in [-0.1, -0.05) is 25.5 Å². The highest BCUT2D eigenvalue weighted by Crippen LogP contribution is 2.28. The molecule has 0 spiro atoms. The van der Waals surface area contributed by atoms with Gasteiger partial charge in [0.05, 0.1) is 7.11 Å². The summed E-state index contributed by atoms with van der Waals surface area (Å²) < 4.78 is 5.17. The predicted octanol–water partition coefficient (Wildman–Crippen LogP) is 4.24. The van der Waals surface area contributed by atoms with Crippen LogP contribution in [0.15, 0.2) is 48.5 Å². The van der Waals surface area contributed by atoms with Gasteiger partial charge in [0.1, 0.15) is 5.75 Å². The zero-order valence-electron chi connectivity index (χ0n) is 17.3. The minimum Gasteiger partial charge on any atom is -0.497 e. The first-order valence-electron chi connectivity index (χ1n) is 10.4. The lowest BCUT2D eigenvalue weighted by molar-refractivity contribution is 0.0706. The van der Waals surface area contributed by atoms with Gasteiger partial charge in [0.2, 0.25) is 0 Å². The van der Waals surface area contributed by atoms with Crippen molar-refractivity contribution in [2.75, 3.05) is 26.7 Å². The molecule has 1 atom stereocenters. The highest BCUT2D eigenvalue weighted by Gasteiger charge is 2.26. The summed E-state index contributed by atoms with van der Waals surface area (Å²) in [5, 5.41) is 2.97. The second kappa shape index (κ2) is 10.1. The molecule has 0 aromatic heterocycles. The minimum absolute atomic E-state index is 0.0257. The van der Waals surface area contributed by atoms with E-state index in [1.165, 1.54) is 0 Å². The number of unbranched alkanes of at least 4 members (excludes halogenated alkanes) is 1. The first kappa shape index (κ1) is 20.9. The molecule has 3 rings (SSSR count). The number of nitrogens with one attached hydrogen (secondary N) is 1. The Labute approximate surface area is 173 Å². The Hall–Kier alpha value is -2.82. The number of hydrogen-bond donors (Lipinski definition) is 1. The van der Waals surface area contributed by atoms with Gasteiger partial charge in [0, 0.05) is 36.7 Å². The molecule has 1 aliphatic rings. The Bertz CT molecular complexity index is 832. The molecular weight excluding hydrogens is 364 g/mol. The van der Waals surface area contributed by atoms with Gasteiger partial charge in [-0.05, 0) is 61.2 Å². The molecule has 0 aliphatic carbocycles. The number of carbonyl (C=O) groups is 2. The zero-order chi connectivity index (χ0) is 20.6. The highest BCUT2D eigenvalue weighted by molar-refractivity contribution is 5.95. The third-order valence-electron chi connectivity index (χ3n) is 5.48. The van der Waals surface area contributed by atoms with Gasteiger partial charge in [-0.25, -0.2) is 0 Å². The van der Waals surface area contributed by atoms with Gasteiger partial charge in [0.15, 0.2) is 0 Å². The molecule has 29 heavy (non-hydrogen) atoms. The molecule has 5 nitrogen and oxygen atoms in total. The first-order chi connectivity index (χ1) is 14.1. The summed E-state index contributed by atoms with van der Waals surface area (Å²) in [4.78, 5) is 27.2. The summed E-state index contributed by atoms with van der Waals surface area (Å²) in [7, 11) is 1.62. The Kier molecular flexibility index (Phi) is 7.28. The normalized spacial score (nSPS) is 16.3. The molecule has 1 saturated heterocycles. The van der Waals surface area contributed by atoms with E-state index in [9.17, 15) is 9.59 Å². The second-order valence-corrected chi connectivity index (χ2v) is 7.55. The van der Waals surface area contributed by atoms with Crippen molar-refractivity contribution in [1.82, 2.24) is 10.2 Å². The van der Waals surface area contributed by atoms with E-state index in [1.54, 1.807) is 7.11 Å². The Morgan fingerprint density at radius 2 is 1.93 bits per heavy atom. The maximum Gasteiger partial charge on any atom is 0.253 e. The van der Waals surface area contributed by atoms with Crippen LogP contribution < -0.4 is 10.1 Å². The summed E-state index contributed by atoms with van der Waals surface area (Å²) in [6, 6.07) is 15.1. The van der Waals surface area contributed by atoms with Crippen molar-refractivity contribution < 1.29 is 14.3 Å². The first-order valence-corrected chi connectivity index (χ1v) is 10.4. The molecule has 0 saturated carbocycles. The fourth-order valence-electron chi connectivity index (χ4n) is 3.76. The van der Waals surface area contributed by atoms with E-state index in [1.807, 2.05) is 47.4 Å². The van der Waals surface area contributed by atoms with Gasteiger partial charge < -0.3 is 15.0 Å². The van der Waals surface area contributed by atoms with Gasteiger partial charge in [-0.15, -0.1) is 0 Å². The van der Waals surface area contributed by atoms with E-state index in [0.717, 1.165) is 43.5 Å². The molecule has 1 fully saturated rings. The number of carbonyl (C=O) groups excluding carboxylic acids is 2. The van der Waals surface area contributed by atoms with Crippen LogP contribution in [0.2, 0.25) is 0 Å². The number of rotatable bonds is 7. The van der Waals surface area contributed by atoms with Crippen LogP contribution in [-0.2, 0) is 0 Å². The van der Waals surface area contributed by atoms with Crippen LogP contribution in [0.3, 0.4) is 0 Å². The summed E-state index contributed by atoms with van der Waals surface area (Å²) in [6.07, 6.45) is 4.02. The van der Waals surface area contributed by atoms with Crippen LogP contribution in [0, 0.1) is 0 Å². The molecule has 154 valence electrons. The van der Waals surface area contributed by atoms with E-state index in [2.05, 4.69) is 18.3 Å². The van der Waals surface area contributed by atoms with Crippen LogP contribution in [-0.4, -0.2) is 43.5 Å². The van der Waals surface area contributed by atoms with E-state index < -0.39 is 0 Å². The lowest BCUT2D eigenvalue weighted by atomic mass is 9.89. The lowest BCUT2D eigenvalue weighted by Gasteiger charge is -2.33. The van der Waals surface area contributed by atoms with Gasteiger partial charge in [0.25, 0.3) is 11.8 Å². The number of hydrogen-bond acceptors (Lipinski definition) is 3. The van der Waals surface area contributed by atoms with Crippen LogP contribution in [0.1, 0.15) is 64.8 Å². The largest absolute Gasteiger partial charge is 0.497 e. The van der Waals surface area contributed by atoms with Crippen LogP contribution in [0.25, 0.3) is 0 Å². The maximum absolute atomic E-state index is 12.9. The van der Waals surface area contributed by atoms with Gasteiger partial charge in [-0.3, -0.25) is 9.59 Å². The number of nitrogens with zero attached hydrogens (tertiary/aromatic N) is 1. The van der Waals surface area contributed by atoms with E-state index in [0.29, 0.717) is 24.2 Å². The maximum atomic E-state index is 12.9. The van der Waals surface area contributed by atoms with Crippen molar-refractivity contribution in [1.29, 1.82) is 0 Å². The van der Waals surface area contributed by atoms with Crippen LogP contribution in [0.5, 0.6) is 5.75 Å². The summed E-state index contributed by atoms with van der Waals surface area (Å²) in [6.45, 7) is 4.24. The average molecular weight is 395 g/mol. The van der Waals surface area contributed by atoms with Crippen molar-refractivity contribution in [2.24, 2.45) is 0 Å². The molecule has 5 heteroatoms. The van der Waals surface area contributed by atoms with E-state index in [4.69, 9.17) is 4.74 Å². The smallest absolute Gasteiger partial charge is 0.253 e. The molecular formula is C24H30N2O3. The van der Waals surface area contributed by atoms with E-state index >= 15 is 0 Å². The summed E-state index contributed by atoms with van der Waals surface area (Å²) in [5.41, 5.74) is 2.49. The molecule has 0 bridgehead atoms. The van der Waals surface area contributed by atoms with Crippen molar-refractivity contribution in [3.63, 3.8) is 0 Å². The fraction of sp³-hybridized carbons (Fsp3) is 0.417. The molecule has 1 heterocycles. The molecule has 2 aromatic carbocycles. The molecule has 0 unspecified atom stereocenters. The predicted molar refractivity (Wildman–Crippen MR) is 115 cm³/mol. The topological polar surface area (TPSA) is 58.6 Å². The van der Waals surface area contributed by atoms with Crippen molar-refractivity contribution >= 4 is 11.8 Å². The third-order valence-corrected chi connectivity index (χ3v) is 5.48. The molecule has 2 amide bonds. The van der Waals surface area contributed by atoms with Gasteiger partial charge >= 0.3 is 0 Å². The molecule has 2 aromatic rings. The SMILES string of the molecule is CCCCNC(=O)c1cccc([C@@H]2CCCN(C(=O)c3ccc(OC)cc3)C2)c1. The standard InChI is InChI=1S/C24H30N2O3/c1-3-4-14-25-23(27)20-8-5-7-19(16-20)21-9-6-15-26(17-21)24(28)18-10-12-22(29-2)13-11-18/h5,7-8,10-13,16,21H,3-4,6,9,14-15,17H2,1-2H3,(H,25,27)/t21-/m1/s1. The van der Waals surface area contributed by atoms with E-state index in [-0.39, 0.29) is 17.7 Å². The fourth-order valence-corrected chi connectivity index (χ4v) is 3.76. The van der Waals surface area contributed by atoms with Crippen molar-refractivity contribution in [3.8, 4) is 5.75 Å². The molecule has 1 aliphatic heterocycles. The number of amides is 2. The zero-order valence-corrected chi connectivity index (χ0v) is 17.3. The summed E-state index contributed by atoms with van der Waals surface area (Å²) >= 11 is 0. The molecule has 1 N–H and O–H groups in total. The second-order valence-electron chi connectivity index (χ2n) is 7.55. The Morgan fingerprint density at radius 3 is 2.66 bits per heavy atom. The number of methoxy groups -OCH3 is 1. The average Bonchev–Trinajstić information content (AvgIpc) is 2.79. The number of likely N-dealkylation sites (tertiary alicyclic amines) is 1. The monoisotopic (exact) mass is 394 g/mol.